The van der Waals surface area contributed by atoms with E-state index in [1.807, 2.05) is 6.92 Å². The Morgan fingerprint density at radius 2 is 0.687 bits per heavy atom. The van der Waals surface area contributed by atoms with Crippen molar-refractivity contribution in [3.63, 3.8) is 0 Å². The number of allylic oxidation sites excluding steroid dienone is 2. The average molecular weight is 2070 g/mol. The number of carbonyl (C=O) groups excluding carboxylic acids is 2. The van der Waals surface area contributed by atoms with Gasteiger partial charge >= 0.3 is 15.6 Å². The summed E-state index contributed by atoms with van der Waals surface area (Å²) in [6, 6.07) is 0.696. The molecule has 0 aromatic rings. The van der Waals surface area contributed by atoms with E-state index in [1.165, 1.54) is 238 Å². The lowest BCUT2D eigenvalue weighted by Crippen LogP contribution is -2.57. The molecule has 0 amide bonds. The van der Waals surface area contributed by atoms with Crippen LogP contribution >= 0.6 is 0 Å². The maximum absolute atomic E-state index is 12.8. The number of hydrogen-bond donors (Lipinski definition) is 2. The largest absolute Gasteiger partial charge is 0.534 e. The van der Waals surface area contributed by atoms with Crippen molar-refractivity contribution in [1.82, 2.24) is 0 Å². The predicted octanol–water partition coefficient (Wildman–Crippen LogP) is 29.3. The number of halogens is 3. The van der Waals surface area contributed by atoms with E-state index < -0.39 is 21.0 Å². The smallest absolute Gasteiger partial charge is 0.393 e. The van der Waals surface area contributed by atoms with Gasteiger partial charge in [0.25, 0.3) is 0 Å². The van der Waals surface area contributed by atoms with Gasteiger partial charge in [-0.3, -0.25) is 9.59 Å². The van der Waals surface area contributed by atoms with Crippen molar-refractivity contribution in [2.45, 2.75) is 484 Å². The maximum Gasteiger partial charge on any atom is 0.534 e. The summed E-state index contributed by atoms with van der Waals surface area (Å²) in [5.74, 6) is 20.2. The molecule has 0 aromatic carbocycles. The normalized spacial score (nSPS) is 52.9. The molecular formula is C125H197F3N4O14S. The summed E-state index contributed by atoms with van der Waals surface area (Å²) < 4.78 is 116. The highest BCUT2D eigenvalue weighted by Gasteiger charge is 2.75. The summed E-state index contributed by atoms with van der Waals surface area (Å²) in [7, 11) is -5.60. The zero-order chi connectivity index (χ0) is 103. The minimum atomic E-state index is -5.60. The molecule has 0 radical (unpaired) electrons. The fourth-order valence-corrected chi connectivity index (χ4v) is 47.7. The Morgan fingerprint density at radius 3 is 1.09 bits per heavy atom. The number of nitrogens with two attached hydrogens (primary N) is 1. The lowest BCUT2D eigenvalue weighted by Gasteiger charge is -2.61. The number of aliphatic hydroxyl groups is 1. The number of nitrogens with zero attached hydrogens (tertiary/aromatic N) is 3. The molecule has 18 nitrogen and oxygen atoms in total. The topological polar surface area (TPSA) is 246 Å². The van der Waals surface area contributed by atoms with Crippen LogP contribution in [0.1, 0.15) is 437 Å². The molecule has 828 valence electrons. The number of ketones is 2. The standard InChI is InChI=1S/C21H31F3O3S.C21H33N3O2.C21H35NO2.C21H34O3.C21H32O3.C20H32O/c1-13-8-10-19(2)14(12-13)4-5-15-16-6-7-18(20(16,3)11-9-17(15)19)27-28(25,26)21(22,23)24;1-19-8-5-15(23-24-22)13-14(19)3-4-16-17(19)6-9-20(2)18(16)7-10-21(20)25-11-12-26-21;3*1-19-8-5-15(22)13-14(19)3-4-16-17(19)6-9-20(2)18(16)7-10-21(20)23-11-12-24-21;1-13-8-10-19(2)14(12-13)4-5-15-16-6-7-18(21)20(16,3)11-9-17(15)19/h7,13-17H,4-6,8-12H2,1-3H3;14-18H,3-13H2,1-2H3;14-18H,3-13,22H2,1-2H3;14-18,22H,3-13H2,1-2H3;14,16-18H,3-13H2,1-2H3;13-17H,4-12H2,1-3H3/t13-,14-,15-,16-,17-,19-,20-;2*14-,15-,16+,17-,18-,19-,20-;14-,15+,16+,17-,18-,19-,20-;14-,16+,17-,18-,19-,20-;13-,14-,15-,16-,17-,19-,20-/m000000/s1. The molecule has 0 unspecified atom stereocenters. The van der Waals surface area contributed by atoms with Crippen LogP contribution in [0, 0.1) is 219 Å². The van der Waals surface area contributed by atoms with Crippen molar-refractivity contribution in [3.8, 4) is 0 Å². The van der Waals surface area contributed by atoms with Gasteiger partial charge < -0.3 is 52.9 Å². The van der Waals surface area contributed by atoms with E-state index in [1.54, 1.807) is 6.08 Å². The molecule has 24 aliphatic carbocycles. The predicted molar refractivity (Wildman–Crippen MR) is 564 cm³/mol. The second kappa shape index (κ2) is 38.7. The Hall–Kier alpha value is -2.47. The Balaban J connectivity index is 0.0000000973. The molecule has 41 atom stereocenters. The van der Waals surface area contributed by atoms with Gasteiger partial charge in [-0.25, -0.2) is 0 Å². The van der Waals surface area contributed by atoms with E-state index in [2.05, 4.69) is 104 Å². The first kappa shape index (κ1) is 107. The van der Waals surface area contributed by atoms with Crippen LogP contribution in [0.5, 0.6) is 0 Å². The first-order valence-electron chi connectivity index (χ1n) is 62.2. The minimum absolute atomic E-state index is 0.0258. The SMILES string of the molecule is C[C@H]1CC[C@@]2(C)[C@@H](CC[C@@H]3[C@@H]2CC[C@]2(C)C(=O)CC[C@@H]32)C1.C[C@H]1CC[C@@]2(C)[C@@H](CC[C@@H]3[C@@H]2CC[C@]2(C)C(OS(=O)(=O)C(F)(F)F)=CC[C@@H]32)C1.C[C@]12CCC(=O)C[C@@H]1CC[C@@H]1[C@@H]2CC[C@@]2(C)[C@H]1CCC21OCCO1.C[C@]12CC[C@@H](O)C[C@@H]1CC[C@@H]1[C@@H]2CC[C@@]2(C)[C@H]1CCC21OCCO1.C[C@]12CC[C@H](N)C[C@@H]1CC[C@@H]1[C@@H]2CC[C@@]2(C)[C@H]1CCC21OCCO1.C[C@]12CC[C@H](N=[N+]=[N-])C[C@@H]1CC[C@@H]1[C@@H]2CC[C@@]2(C)[C@H]1CCC21OCCO1. The minimum Gasteiger partial charge on any atom is -0.393 e. The molecule has 27 fully saturated rings. The van der Waals surface area contributed by atoms with E-state index in [0.29, 0.717) is 80.7 Å². The number of rotatable bonds is 3. The van der Waals surface area contributed by atoms with E-state index >= 15 is 0 Å². The van der Waals surface area contributed by atoms with E-state index in [-0.39, 0.29) is 74.0 Å². The van der Waals surface area contributed by atoms with Gasteiger partial charge in [-0.15, -0.1) is 0 Å². The lowest BCUT2D eigenvalue weighted by molar-refractivity contribution is -0.248. The zero-order valence-corrected chi connectivity index (χ0v) is 94.5. The molecule has 4 aliphatic heterocycles. The first-order chi connectivity index (χ1) is 69.8. The van der Waals surface area contributed by atoms with Crippen LogP contribution in [0.25, 0.3) is 10.4 Å². The number of fused-ring (bicyclic) bond motifs is 34. The zero-order valence-electron chi connectivity index (χ0n) is 93.7. The second-order valence-corrected chi connectivity index (χ2v) is 61.5. The number of aliphatic hydroxyl groups excluding tert-OH is 1. The van der Waals surface area contributed by atoms with Crippen LogP contribution in [0.4, 0.5) is 13.2 Å². The summed E-state index contributed by atoms with van der Waals surface area (Å²) in [6.07, 6.45) is 66.0. The molecular weight excluding hydrogens is 1870 g/mol. The third kappa shape index (κ3) is 16.7. The van der Waals surface area contributed by atoms with E-state index in [9.17, 15) is 36.3 Å². The van der Waals surface area contributed by atoms with Gasteiger partial charge in [0.05, 0.1) is 59.0 Å². The van der Waals surface area contributed by atoms with Crippen LogP contribution in [0.3, 0.4) is 0 Å². The molecule has 28 rings (SSSR count). The number of ether oxygens (including phenoxy) is 8. The third-order valence-corrected chi connectivity index (χ3v) is 56.4. The van der Waals surface area contributed by atoms with Crippen LogP contribution in [0.15, 0.2) is 16.9 Å². The fraction of sp³-hybridized carbons (Fsp3) is 0.968. The van der Waals surface area contributed by atoms with Crippen LogP contribution < -0.4 is 5.73 Å². The number of alkyl halides is 3. The Morgan fingerprint density at radius 1 is 0.361 bits per heavy atom. The van der Waals surface area contributed by atoms with Crippen molar-refractivity contribution >= 4 is 21.7 Å². The van der Waals surface area contributed by atoms with Crippen molar-refractivity contribution < 1.29 is 78.4 Å². The van der Waals surface area contributed by atoms with Gasteiger partial charge in [0, 0.05) is 94.4 Å². The first-order valence-corrected chi connectivity index (χ1v) is 63.6. The average Bonchev–Trinajstić information content (AvgIpc) is 1.58. The monoisotopic (exact) mass is 2070 g/mol. The van der Waals surface area contributed by atoms with Crippen LogP contribution in [0.2, 0.25) is 0 Å². The van der Waals surface area contributed by atoms with Gasteiger partial charge in [-0.05, 0) is 480 Å². The van der Waals surface area contributed by atoms with Gasteiger partial charge in [0.2, 0.25) is 0 Å². The summed E-state index contributed by atoms with van der Waals surface area (Å²) in [6.45, 7) is 40.5. The van der Waals surface area contributed by atoms with Gasteiger partial charge in [-0.1, -0.05) is 115 Å². The summed E-state index contributed by atoms with van der Waals surface area (Å²) in [4.78, 5) is 27.5. The maximum atomic E-state index is 12.8. The van der Waals surface area contributed by atoms with Crippen LogP contribution in [-0.4, -0.2) is 125 Å². The molecule has 0 aromatic heterocycles. The Kier molecular flexibility index (Phi) is 28.3. The Bertz CT molecular complexity index is 4910. The quantitative estimate of drug-likeness (QED) is 0.0877. The molecule has 4 spiro atoms. The second-order valence-electron chi connectivity index (χ2n) is 60.0. The number of azide groups is 1. The fourth-order valence-electron chi connectivity index (χ4n) is 47.1. The molecule has 4 saturated heterocycles. The van der Waals surface area contributed by atoms with Crippen molar-refractivity contribution in [1.29, 1.82) is 0 Å². The summed E-state index contributed by atoms with van der Waals surface area (Å²) in [5.41, 5.74) is 12.9. The Labute approximate surface area is 883 Å². The molecule has 3 N–H and O–H groups in total. The number of carbonyl (C=O) groups is 2. The van der Waals surface area contributed by atoms with Crippen LogP contribution in [-0.2, 0) is 61.8 Å². The molecule has 23 saturated carbocycles. The van der Waals surface area contributed by atoms with Crippen molar-refractivity contribution in [3.05, 3.63) is 22.3 Å². The number of Topliss-reactive ketones (excluding diaryl/α,β-unsaturated/α-hetero) is 2. The van der Waals surface area contributed by atoms with Gasteiger partial charge in [0.1, 0.15) is 17.3 Å². The molecule has 28 aliphatic rings. The lowest BCUT2D eigenvalue weighted by atomic mass is 9.44. The molecule has 0 bridgehead atoms. The van der Waals surface area contributed by atoms with Crippen molar-refractivity contribution in [2.75, 3.05) is 52.9 Å². The summed E-state index contributed by atoms with van der Waals surface area (Å²) >= 11 is 0. The number of hydrogen-bond acceptors (Lipinski definition) is 16. The highest BCUT2D eigenvalue weighted by molar-refractivity contribution is 7.87. The van der Waals surface area contributed by atoms with Gasteiger partial charge in [0.15, 0.2) is 23.1 Å². The molecule has 147 heavy (non-hydrogen) atoms. The summed E-state index contributed by atoms with van der Waals surface area (Å²) in [5, 5.41) is 14.2. The third-order valence-electron chi connectivity index (χ3n) is 55.4. The highest BCUT2D eigenvalue weighted by Crippen LogP contribution is 2.78. The highest BCUT2D eigenvalue weighted by atomic mass is 32.2. The van der Waals surface area contributed by atoms with Gasteiger partial charge in [-0.2, -0.15) is 21.6 Å². The van der Waals surface area contributed by atoms with E-state index in [4.69, 9.17) is 49.2 Å². The molecule has 4 heterocycles. The van der Waals surface area contributed by atoms with Crippen molar-refractivity contribution in [2.24, 2.45) is 230 Å². The van der Waals surface area contributed by atoms with E-state index in [0.717, 1.165) is 273 Å². The molecule has 22 heteroatoms.